The Bertz CT molecular complexity index is 585. The number of aryl methyl sites for hydroxylation is 1. The molecule has 0 aliphatic heterocycles. The van der Waals surface area contributed by atoms with E-state index < -0.39 is 23.0 Å². The van der Waals surface area contributed by atoms with Gasteiger partial charge in [-0.3, -0.25) is 9.59 Å². The lowest BCUT2D eigenvalue weighted by molar-refractivity contribution is -0.145. The van der Waals surface area contributed by atoms with Gasteiger partial charge >= 0.3 is 5.97 Å². The molecule has 1 saturated carbocycles. The van der Waals surface area contributed by atoms with Crippen LogP contribution in [0.25, 0.3) is 0 Å². The number of nitrogens with one attached hydrogen (secondary N) is 1. The van der Waals surface area contributed by atoms with Crippen LogP contribution in [0.3, 0.4) is 0 Å². The van der Waals surface area contributed by atoms with Crippen LogP contribution in [0.2, 0.25) is 0 Å². The molecule has 2 rings (SSSR count). The summed E-state index contributed by atoms with van der Waals surface area (Å²) >= 11 is 0. The number of hydrogen-bond acceptors (Lipinski definition) is 3. The number of carboxylic acids is 1. The number of amides is 1. The number of carbonyl (C=O) groups excluding carboxylic acids is 1. The fraction of sp³-hybridized carbons (Fsp3) is 0.500. The van der Waals surface area contributed by atoms with Crippen molar-refractivity contribution in [2.45, 2.75) is 37.6 Å². The van der Waals surface area contributed by atoms with Crippen LogP contribution in [0.5, 0.6) is 0 Å². The van der Waals surface area contributed by atoms with Gasteiger partial charge in [0.1, 0.15) is 11.1 Å². The summed E-state index contributed by atoms with van der Waals surface area (Å²) in [6, 6.07) is 3.00. The third-order valence-corrected chi connectivity index (χ3v) is 3.84. The van der Waals surface area contributed by atoms with Crippen LogP contribution in [0, 0.1) is 0 Å². The van der Waals surface area contributed by atoms with E-state index in [1.54, 1.807) is 19.3 Å². The molecule has 1 amide bonds. The van der Waals surface area contributed by atoms with Crippen LogP contribution in [-0.4, -0.2) is 27.1 Å². The first-order valence-electron chi connectivity index (χ1n) is 6.68. The number of aromatic nitrogens is 1. The van der Waals surface area contributed by atoms with E-state index in [0.29, 0.717) is 12.8 Å². The van der Waals surface area contributed by atoms with Crippen LogP contribution < -0.4 is 10.9 Å². The van der Waals surface area contributed by atoms with Gasteiger partial charge in [-0.1, -0.05) is 19.3 Å². The average Bonchev–Trinajstić information content (AvgIpc) is 2.42. The van der Waals surface area contributed by atoms with Gasteiger partial charge in [0.05, 0.1) is 0 Å². The highest BCUT2D eigenvalue weighted by molar-refractivity contribution is 5.97. The molecule has 0 saturated heterocycles. The zero-order valence-corrected chi connectivity index (χ0v) is 11.4. The SMILES string of the molecule is Cn1cccc(C(=O)NC2(C(=O)O)CCCCC2)c1=O. The smallest absolute Gasteiger partial charge is 0.329 e. The monoisotopic (exact) mass is 278 g/mol. The zero-order chi connectivity index (χ0) is 14.8. The molecule has 0 unspecified atom stereocenters. The molecule has 6 heteroatoms. The topological polar surface area (TPSA) is 88.4 Å². The van der Waals surface area contributed by atoms with Crippen LogP contribution >= 0.6 is 0 Å². The molecule has 1 aliphatic rings. The van der Waals surface area contributed by atoms with Crippen LogP contribution in [-0.2, 0) is 11.8 Å². The standard InChI is InChI=1S/C14H18N2O4/c1-16-9-5-6-10(12(16)18)11(17)15-14(13(19)20)7-3-2-4-8-14/h5-6,9H,2-4,7-8H2,1H3,(H,15,17)(H,19,20). The van der Waals surface area contributed by atoms with Crippen LogP contribution in [0.4, 0.5) is 0 Å². The van der Waals surface area contributed by atoms with Crippen molar-refractivity contribution in [3.8, 4) is 0 Å². The number of nitrogens with zero attached hydrogens (tertiary/aromatic N) is 1. The molecular formula is C14H18N2O4. The van der Waals surface area contributed by atoms with Crippen molar-refractivity contribution in [3.63, 3.8) is 0 Å². The van der Waals surface area contributed by atoms with Crippen molar-refractivity contribution in [1.29, 1.82) is 0 Å². The minimum Gasteiger partial charge on any atom is -0.480 e. The second-order valence-corrected chi connectivity index (χ2v) is 5.24. The highest BCUT2D eigenvalue weighted by Gasteiger charge is 2.41. The maximum Gasteiger partial charge on any atom is 0.329 e. The van der Waals surface area contributed by atoms with E-state index in [1.807, 2.05) is 0 Å². The summed E-state index contributed by atoms with van der Waals surface area (Å²) in [5, 5.41) is 12.0. The van der Waals surface area contributed by atoms with Crippen molar-refractivity contribution >= 4 is 11.9 Å². The van der Waals surface area contributed by atoms with E-state index in [1.165, 1.54) is 10.6 Å². The molecule has 108 valence electrons. The molecule has 20 heavy (non-hydrogen) atoms. The molecular weight excluding hydrogens is 260 g/mol. The quantitative estimate of drug-likeness (QED) is 0.860. The number of carboxylic acid groups (broad SMARTS) is 1. The summed E-state index contributed by atoms with van der Waals surface area (Å²) in [5.41, 5.74) is -1.70. The van der Waals surface area contributed by atoms with E-state index in [-0.39, 0.29) is 5.56 Å². The fourth-order valence-electron chi connectivity index (χ4n) is 2.60. The Balaban J connectivity index is 2.27. The van der Waals surface area contributed by atoms with Gasteiger partial charge in [-0.25, -0.2) is 4.79 Å². The number of rotatable bonds is 3. The Morgan fingerprint density at radius 2 is 1.95 bits per heavy atom. The van der Waals surface area contributed by atoms with E-state index in [0.717, 1.165) is 19.3 Å². The molecule has 6 nitrogen and oxygen atoms in total. The summed E-state index contributed by atoms with van der Waals surface area (Å²) in [6.45, 7) is 0. The Labute approximate surface area is 116 Å². The summed E-state index contributed by atoms with van der Waals surface area (Å²) in [4.78, 5) is 35.6. The number of pyridine rings is 1. The van der Waals surface area contributed by atoms with Crippen molar-refractivity contribution in [2.24, 2.45) is 7.05 Å². The number of carbonyl (C=O) groups is 2. The van der Waals surface area contributed by atoms with Gasteiger partial charge in [0.2, 0.25) is 0 Å². The fourth-order valence-corrected chi connectivity index (χ4v) is 2.60. The Hall–Kier alpha value is -2.11. The highest BCUT2D eigenvalue weighted by atomic mass is 16.4. The predicted octanol–water partition coefficient (Wildman–Crippen LogP) is 0.903. The van der Waals surface area contributed by atoms with Crippen molar-refractivity contribution in [2.75, 3.05) is 0 Å². The van der Waals surface area contributed by atoms with Crippen LogP contribution in [0.1, 0.15) is 42.5 Å². The summed E-state index contributed by atoms with van der Waals surface area (Å²) in [6.07, 6.45) is 4.85. The largest absolute Gasteiger partial charge is 0.480 e. The Morgan fingerprint density at radius 3 is 2.55 bits per heavy atom. The lowest BCUT2D eigenvalue weighted by Gasteiger charge is -2.33. The molecule has 0 radical (unpaired) electrons. The first-order chi connectivity index (χ1) is 9.46. The molecule has 0 spiro atoms. The second kappa shape index (κ2) is 5.48. The molecule has 0 atom stereocenters. The van der Waals surface area contributed by atoms with E-state index in [9.17, 15) is 19.5 Å². The van der Waals surface area contributed by atoms with Gasteiger partial charge in [0.15, 0.2) is 0 Å². The Morgan fingerprint density at radius 1 is 1.30 bits per heavy atom. The first-order valence-corrected chi connectivity index (χ1v) is 6.68. The van der Waals surface area contributed by atoms with Gasteiger partial charge in [0.25, 0.3) is 11.5 Å². The minimum absolute atomic E-state index is 0.0267. The van der Waals surface area contributed by atoms with Gasteiger partial charge in [-0.2, -0.15) is 0 Å². The molecule has 1 aromatic rings. The van der Waals surface area contributed by atoms with Crippen molar-refractivity contribution in [3.05, 3.63) is 34.2 Å². The summed E-state index contributed by atoms with van der Waals surface area (Å²) < 4.78 is 1.29. The summed E-state index contributed by atoms with van der Waals surface area (Å²) in [7, 11) is 1.55. The first kappa shape index (κ1) is 14.3. The third kappa shape index (κ3) is 2.59. The molecule has 0 bridgehead atoms. The van der Waals surface area contributed by atoms with Crippen molar-refractivity contribution < 1.29 is 14.7 Å². The highest BCUT2D eigenvalue weighted by Crippen LogP contribution is 2.28. The van der Waals surface area contributed by atoms with Gasteiger partial charge in [-0.05, 0) is 25.0 Å². The van der Waals surface area contributed by atoms with Crippen molar-refractivity contribution in [1.82, 2.24) is 9.88 Å². The normalized spacial score (nSPS) is 17.4. The lowest BCUT2D eigenvalue weighted by atomic mass is 9.81. The molecule has 0 aromatic carbocycles. The second-order valence-electron chi connectivity index (χ2n) is 5.24. The van der Waals surface area contributed by atoms with E-state index in [4.69, 9.17) is 0 Å². The van der Waals surface area contributed by atoms with Gasteiger partial charge in [0, 0.05) is 13.2 Å². The van der Waals surface area contributed by atoms with E-state index in [2.05, 4.69) is 5.32 Å². The molecule has 1 aliphatic carbocycles. The molecule has 2 N–H and O–H groups in total. The third-order valence-electron chi connectivity index (χ3n) is 3.84. The van der Waals surface area contributed by atoms with Gasteiger partial charge in [-0.15, -0.1) is 0 Å². The minimum atomic E-state index is -1.24. The zero-order valence-electron chi connectivity index (χ0n) is 11.4. The summed E-state index contributed by atoms with van der Waals surface area (Å²) in [5.74, 6) is -1.64. The maximum atomic E-state index is 12.2. The number of aliphatic carboxylic acids is 1. The number of hydrogen-bond donors (Lipinski definition) is 2. The molecule has 1 aromatic heterocycles. The molecule has 1 fully saturated rings. The Kier molecular flexibility index (Phi) is 3.92. The van der Waals surface area contributed by atoms with Crippen LogP contribution in [0.15, 0.2) is 23.1 Å². The molecule has 1 heterocycles. The predicted molar refractivity (Wildman–Crippen MR) is 72.6 cm³/mol. The maximum absolute atomic E-state index is 12.2. The lowest BCUT2D eigenvalue weighted by Crippen LogP contribution is -2.56. The average molecular weight is 278 g/mol. The van der Waals surface area contributed by atoms with Gasteiger partial charge < -0.3 is 15.0 Å². The van der Waals surface area contributed by atoms with E-state index >= 15 is 0 Å².